The van der Waals surface area contributed by atoms with Crippen LogP contribution in [0.3, 0.4) is 0 Å². The molecule has 1 saturated heterocycles. The number of benzene rings is 1. The number of methoxy groups -OCH3 is 1. The predicted molar refractivity (Wildman–Crippen MR) is 71.2 cm³/mol. The minimum Gasteiger partial charge on any atom is -0.469 e. The van der Waals surface area contributed by atoms with E-state index in [1.54, 1.807) is 0 Å². The van der Waals surface area contributed by atoms with Gasteiger partial charge in [-0.25, -0.2) is 0 Å². The number of nitrogens with one attached hydrogen (secondary N) is 1. The van der Waals surface area contributed by atoms with Crippen molar-refractivity contribution in [3.05, 3.63) is 35.9 Å². The van der Waals surface area contributed by atoms with Gasteiger partial charge < -0.3 is 10.1 Å². The lowest BCUT2D eigenvalue weighted by Gasteiger charge is -2.28. The van der Waals surface area contributed by atoms with Crippen molar-refractivity contribution in [2.75, 3.05) is 20.2 Å². The molecule has 1 heterocycles. The Labute approximate surface area is 109 Å². The van der Waals surface area contributed by atoms with Crippen LogP contribution in [0, 0.1) is 11.8 Å². The molecule has 18 heavy (non-hydrogen) atoms. The molecule has 0 aromatic heterocycles. The van der Waals surface area contributed by atoms with Crippen LogP contribution in [0.4, 0.5) is 0 Å². The zero-order chi connectivity index (χ0) is 12.8. The molecule has 0 saturated carbocycles. The van der Waals surface area contributed by atoms with Crippen molar-refractivity contribution in [1.29, 1.82) is 0 Å². The van der Waals surface area contributed by atoms with Crippen LogP contribution in [0.25, 0.3) is 0 Å². The second kappa shape index (κ2) is 6.55. The van der Waals surface area contributed by atoms with Crippen molar-refractivity contribution < 1.29 is 9.53 Å². The van der Waals surface area contributed by atoms with Gasteiger partial charge in [0.05, 0.1) is 13.0 Å². The van der Waals surface area contributed by atoms with E-state index < -0.39 is 0 Å². The summed E-state index contributed by atoms with van der Waals surface area (Å²) < 4.78 is 4.82. The lowest BCUT2D eigenvalue weighted by molar-refractivity contribution is -0.146. The maximum atomic E-state index is 11.5. The molecule has 1 fully saturated rings. The number of carbonyl (C=O) groups excluding carboxylic acids is 1. The quantitative estimate of drug-likeness (QED) is 0.827. The highest BCUT2D eigenvalue weighted by molar-refractivity contribution is 5.72. The van der Waals surface area contributed by atoms with Gasteiger partial charge in [0.2, 0.25) is 0 Å². The smallest absolute Gasteiger partial charge is 0.309 e. The molecule has 3 heteroatoms. The first-order valence-electron chi connectivity index (χ1n) is 6.62. The maximum absolute atomic E-state index is 11.5. The van der Waals surface area contributed by atoms with Crippen molar-refractivity contribution in [2.24, 2.45) is 11.8 Å². The summed E-state index contributed by atoms with van der Waals surface area (Å²) in [5.41, 5.74) is 1.37. The topological polar surface area (TPSA) is 38.3 Å². The normalized spacial score (nSPS) is 23.6. The van der Waals surface area contributed by atoms with Gasteiger partial charge in [0.25, 0.3) is 0 Å². The molecule has 1 aliphatic rings. The average Bonchev–Trinajstić information content (AvgIpc) is 2.45. The van der Waals surface area contributed by atoms with Gasteiger partial charge in [-0.15, -0.1) is 0 Å². The summed E-state index contributed by atoms with van der Waals surface area (Å²) in [6, 6.07) is 10.5. The van der Waals surface area contributed by atoms with Crippen molar-refractivity contribution in [3.8, 4) is 0 Å². The number of ether oxygens (including phenoxy) is 1. The van der Waals surface area contributed by atoms with Crippen LogP contribution in [0.1, 0.15) is 18.4 Å². The van der Waals surface area contributed by atoms with E-state index in [2.05, 4.69) is 29.6 Å². The Morgan fingerprint density at radius 2 is 2.11 bits per heavy atom. The summed E-state index contributed by atoms with van der Waals surface area (Å²) in [6.45, 7) is 1.77. The molecule has 98 valence electrons. The van der Waals surface area contributed by atoms with E-state index in [0.717, 1.165) is 32.4 Å². The number of hydrogen-bond acceptors (Lipinski definition) is 3. The summed E-state index contributed by atoms with van der Waals surface area (Å²) >= 11 is 0. The van der Waals surface area contributed by atoms with E-state index in [0.29, 0.717) is 5.92 Å². The van der Waals surface area contributed by atoms with E-state index in [4.69, 9.17) is 4.74 Å². The SMILES string of the molecule is COC(=O)C1CNCC(CCc2ccccc2)C1. The molecule has 3 nitrogen and oxygen atoms in total. The fraction of sp³-hybridized carbons (Fsp3) is 0.533. The van der Waals surface area contributed by atoms with E-state index in [-0.39, 0.29) is 11.9 Å². The van der Waals surface area contributed by atoms with Crippen LogP contribution in [0.2, 0.25) is 0 Å². The molecule has 1 N–H and O–H groups in total. The Morgan fingerprint density at radius 1 is 1.33 bits per heavy atom. The molecule has 2 unspecified atom stereocenters. The summed E-state index contributed by atoms with van der Waals surface area (Å²) in [5, 5.41) is 3.34. The van der Waals surface area contributed by atoms with Crippen LogP contribution in [-0.4, -0.2) is 26.2 Å². The number of piperidine rings is 1. The van der Waals surface area contributed by atoms with Gasteiger partial charge >= 0.3 is 5.97 Å². The predicted octanol–water partition coefficient (Wildman–Crippen LogP) is 2.02. The van der Waals surface area contributed by atoms with Gasteiger partial charge in [0.1, 0.15) is 0 Å². The van der Waals surface area contributed by atoms with Crippen molar-refractivity contribution in [2.45, 2.75) is 19.3 Å². The average molecular weight is 247 g/mol. The van der Waals surface area contributed by atoms with E-state index in [1.807, 2.05) is 6.07 Å². The highest BCUT2D eigenvalue weighted by atomic mass is 16.5. The lowest BCUT2D eigenvalue weighted by atomic mass is 9.86. The zero-order valence-electron chi connectivity index (χ0n) is 10.9. The Kier molecular flexibility index (Phi) is 4.76. The van der Waals surface area contributed by atoms with Gasteiger partial charge in [0, 0.05) is 6.54 Å². The zero-order valence-corrected chi connectivity index (χ0v) is 10.9. The second-order valence-electron chi connectivity index (χ2n) is 5.00. The molecule has 1 aliphatic heterocycles. The molecule has 0 bridgehead atoms. The highest BCUT2D eigenvalue weighted by Gasteiger charge is 2.27. The molecule has 2 rings (SSSR count). The van der Waals surface area contributed by atoms with Crippen molar-refractivity contribution in [1.82, 2.24) is 5.32 Å². The first-order valence-corrected chi connectivity index (χ1v) is 6.62. The monoisotopic (exact) mass is 247 g/mol. The minimum absolute atomic E-state index is 0.0320. The van der Waals surface area contributed by atoms with Crippen LogP contribution in [0.5, 0.6) is 0 Å². The molecule has 0 radical (unpaired) electrons. The minimum atomic E-state index is -0.0769. The largest absolute Gasteiger partial charge is 0.469 e. The lowest BCUT2D eigenvalue weighted by Crippen LogP contribution is -2.40. The number of aryl methyl sites for hydroxylation is 1. The number of carbonyl (C=O) groups is 1. The standard InChI is InChI=1S/C15H21NO2/c1-18-15(17)14-9-13(10-16-11-14)8-7-12-5-3-2-4-6-12/h2-6,13-14,16H,7-11H2,1H3. The first-order chi connectivity index (χ1) is 8.79. The van der Waals surface area contributed by atoms with Gasteiger partial charge in [-0.1, -0.05) is 30.3 Å². The molecule has 0 aliphatic carbocycles. The summed E-state index contributed by atoms with van der Waals surface area (Å²) in [7, 11) is 1.47. The van der Waals surface area contributed by atoms with Crippen molar-refractivity contribution in [3.63, 3.8) is 0 Å². The fourth-order valence-corrected chi connectivity index (χ4v) is 2.61. The van der Waals surface area contributed by atoms with E-state index in [9.17, 15) is 4.79 Å². The third kappa shape index (κ3) is 3.57. The maximum Gasteiger partial charge on any atom is 0.309 e. The Morgan fingerprint density at radius 3 is 2.83 bits per heavy atom. The molecular formula is C15H21NO2. The van der Waals surface area contributed by atoms with Crippen LogP contribution in [-0.2, 0) is 16.0 Å². The van der Waals surface area contributed by atoms with Crippen LogP contribution in [0.15, 0.2) is 30.3 Å². The molecule has 2 atom stereocenters. The Hall–Kier alpha value is -1.35. The van der Waals surface area contributed by atoms with E-state index >= 15 is 0 Å². The second-order valence-corrected chi connectivity index (χ2v) is 5.00. The Balaban J connectivity index is 1.81. The van der Waals surface area contributed by atoms with Gasteiger partial charge in [-0.05, 0) is 37.3 Å². The van der Waals surface area contributed by atoms with Crippen molar-refractivity contribution >= 4 is 5.97 Å². The number of esters is 1. The molecule has 1 aromatic rings. The van der Waals surface area contributed by atoms with E-state index in [1.165, 1.54) is 12.7 Å². The molecule has 0 spiro atoms. The third-order valence-corrected chi connectivity index (χ3v) is 3.66. The highest BCUT2D eigenvalue weighted by Crippen LogP contribution is 2.22. The number of rotatable bonds is 4. The first kappa shape index (κ1) is 13.1. The number of hydrogen-bond donors (Lipinski definition) is 1. The fourth-order valence-electron chi connectivity index (χ4n) is 2.61. The Bertz CT molecular complexity index is 377. The van der Waals surface area contributed by atoms with Crippen LogP contribution >= 0.6 is 0 Å². The molecular weight excluding hydrogens is 226 g/mol. The molecule has 0 amide bonds. The molecule has 1 aromatic carbocycles. The third-order valence-electron chi connectivity index (χ3n) is 3.66. The summed E-state index contributed by atoms with van der Waals surface area (Å²) in [6.07, 6.45) is 3.16. The van der Waals surface area contributed by atoms with Gasteiger partial charge in [-0.2, -0.15) is 0 Å². The summed E-state index contributed by atoms with van der Waals surface area (Å²) in [4.78, 5) is 11.5. The van der Waals surface area contributed by atoms with Gasteiger partial charge in [0.15, 0.2) is 0 Å². The van der Waals surface area contributed by atoms with Crippen LogP contribution < -0.4 is 5.32 Å². The van der Waals surface area contributed by atoms with Gasteiger partial charge in [-0.3, -0.25) is 4.79 Å². The summed E-state index contributed by atoms with van der Waals surface area (Å²) in [5.74, 6) is 0.527.